The molecule has 4 heteroatoms. The lowest BCUT2D eigenvalue weighted by Crippen LogP contribution is -2.83. The van der Waals surface area contributed by atoms with Gasteiger partial charge in [-0.05, 0) is 42.0 Å². The summed E-state index contributed by atoms with van der Waals surface area (Å²) in [4.78, 5) is 0. The molecule has 3 rings (SSSR count). The Morgan fingerprint density at radius 3 is 2.62 bits per heavy atom. The number of benzene rings is 2. The minimum absolute atomic E-state index is 0.719. The van der Waals surface area contributed by atoms with Crippen molar-refractivity contribution in [3.05, 3.63) is 77.0 Å². The van der Waals surface area contributed by atoms with Crippen LogP contribution in [0.3, 0.4) is 0 Å². The SMILES string of the molecule is COc1ccc(CC[NH2+]Cc2ccc(-c3cccc(Cl)c3)o2)cc1. The molecular formula is C20H21ClNO2+. The summed E-state index contributed by atoms with van der Waals surface area (Å²) in [5.74, 6) is 2.72. The molecule has 0 fully saturated rings. The fourth-order valence-electron chi connectivity index (χ4n) is 2.59. The van der Waals surface area contributed by atoms with Gasteiger partial charge in [-0.15, -0.1) is 0 Å². The number of methoxy groups -OCH3 is 1. The monoisotopic (exact) mass is 342 g/mol. The van der Waals surface area contributed by atoms with Gasteiger partial charge in [-0.3, -0.25) is 0 Å². The summed E-state index contributed by atoms with van der Waals surface area (Å²) in [5.41, 5.74) is 2.32. The number of ether oxygens (including phenoxy) is 1. The lowest BCUT2D eigenvalue weighted by molar-refractivity contribution is -0.671. The summed E-state index contributed by atoms with van der Waals surface area (Å²) in [6.45, 7) is 1.84. The molecule has 0 aliphatic heterocycles. The molecule has 0 saturated carbocycles. The van der Waals surface area contributed by atoms with Crippen LogP contribution in [-0.2, 0) is 13.0 Å². The van der Waals surface area contributed by atoms with Gasteiger partial charge in [0.1, 0.15) is 18.1 Å². The average molecular weight is 343 g/mol. The Hall–Kier alpha value is -2.23. The predicted molar refractivity (Wildman–Crippen MR) is 96.3 cm³/mol. The Labute approximate surface area is 147 Å². The summed E-state index contributed by atoms with van der Waals surface area (Å²) >= 11 is 6.03. The Balaban J connectivity index is 1.48. The lowest BCUT2D eigenvalue weighted by Gasteiger charge is -2.03. The van der Waals surface area contributed by atoms with Gasteiger partial charge in [0.15, 0.2) is 5.76 Å². The molecule has 3 aromatic rings. The molecule has 0 aliphatic carbocycles. The van der Waals surface area contributed by atoms with Gasteiger partial charge in [0.2, 0.25) is 0 Å². The molecule has 0 amide bonds. The van der Waals surface area contributed by atoms with Crippen LogP contribution in [0.25, 0.3) is 11.3 Å². The lowest BCUT2D eigenvalue weighted by atomic mass is 10.1. The Bertz CT molecular complexity index is 780. The molecule has 0 radical (unpaired) electrons. The smallest absolute Gasteiger partial charge is 0.158 e. The zero-order chi connectivity index (χ0) is 16.8. The molecular weight excluding hydrogens is 322 g/mol. The van der Waals surface area contributed by atoms with Crippen LogP contribution in [0.5, 0.6) is 5.75 Å². The number of rotatable bonds is 7. The molecule has 0 bridgehead atoms. The normalized spacial score (nSPS) is 10.8. The minimum Gasteiger partial charge on any atom is -0.497 e. The van der Waals surface area contributed by atoms with E-state index in [0.717, 1.165) is 47.4 Å². The maximum atomic E-state index is 6.03. The summed E-state index contributed by atoms with van der Waals surface area (Å²) in [5, 5.41) is 2.97. The van der Waals surface area contributed by atoms with Crippen molar-refractivity contribution in [2.45, 2.75) is 13.0 Å². The van der Waals surface area contributed by atoms with E-state index in [4.69, 9.17) is 20.8 Å². The van der Waals surface area contributed by atoms with Crippen LogP contribution in [0.15, 0.2) is 65.1 Å². The van der Waals surface area contributed by atoms with Crippen molar-refractivity contribution in [3.63, 3.8) is 0 Å². The first-order valence-electron chi connectivity index (χ1n) is 8.04. The number of quaternary nitrogens is 1. The summed E-state index contributed by atoms with van der Waals surface area (Å²) < 4.78 is 11.1. The van der Waals surface area contributed by atoms with Gasteiger partial charge in [0.25, 0.3) is 0 Å². The molecule has 0 atom stereocenters. The maximum Gasteiger partial charge on any atom is 0.158 e. The van der Waals surface area contributed by atoms with Crippen LogP contribution in [0.4, 0.5) is 0 Å². The van der Waals surface area contributed by atoms with Gasteiger partial charge >= 0.3 is 0 Å². The average Bonchev–Trinajstić information content (AvgIpc) is 3.08. The molecule has 3 nitrogen and oxygen atoms in total. The molecule has 2 aromatic carbocycles. The molecule has 1 aromatic heterocycles. The highest BCUT2D eigenvalue weighted by Gasteiger charge is 2.06. The van der Waals surface area contributed by atoms with Gasteiger partial charge in [0, 0.05) is 17.0 Å². The molecule has 0 saturated heterocycles. The van der Waals surface area contributed by atoms with Crippen molar-refractivity contribution < 1.29 is 14.5 Å². The second kappa shape index (κ2) is 8.04. The Kier molecular flexibility index (Phi) is 5.57. The van der Waals surface area contributed by atoms with E-state index in [1.165, 1.54) is 5.56 Å². The highest BCUT2D eigenvalue weighted by Crippen LogP contribution is 2.24. The van der Waals surface area contributed by atoms with Crippen molar-refractivity contribution in [1.29, 1.82) is 0 Å². The Morgan fingerprint density at radius 2 is 1.88 bits per heavy atom. The van der Waals surface area contributed by atoms with Gasteiger partial charge in [0.05, 0.1) is 13.7 Å². The molecule has 1 heterocycles. The largest absolute Gasteiger partial charge is 0.497 e. The first-order valence-corrected chi connectivity index (χ1v) is 8.41. The zero-order valence-electron chi connectivity index (χ0n) is 13.7. The third kappa shape index (κ3) is 4.40. The summed E-state index contributed by atoms with van der Waals surface area (Å²) in [6.07, 6.45) is 1.02. The van der Waals surface area contributed by atoms with Crippen LogP contribution >= 0.6 is 11.6 Å². The second-order valence-electron chi connectivity index (χ2n) is 5.66. The molecule has 0 spiro atoms. The molecule has 0 unspecified atom stereocenters. The molecule has 0 aliphatic rings. The van der Waals surface area contributed by atoms with E-state index >= 15 is 0 Å². The van der Waals surface area contributed by atoms with Crippen molar-refractivity contribution in [2.24, 2.45) is 0 Å². The van der Waals surface area contributed by atoms with Crippen LogP contribution in [0, 0.1) is 0 Å². The second-order valence-corrected chi connectivity index (χ2v) is 6.09. The van der Waals surface area contributed by atoms with Crippen LogP contribution < -0.4 is 10.1 Å². The standard InChI is InChI=1S/C20H20ClNO2/c1-23-18-7-5-15(6-8-18)11-12-22-14-19-9-10-20(24-19)16-3-2-4-17(21)13-16/h2-10,13,22H,11-12,14H2,1H3/p+1. The van der Waals surface area contributed by atoms with Gasteiger partial charge in [-0.2, -0.15) is 0 Å². The van der Waals surface area contributed by atoms with Gasteiger partial charge in [-0.1, -0.05) is 35.9 Å². The van der Waals surface area contributed by atoms with Crippen molar-refractivity contribution in [2.75, 3.05) is 13.7 Å². The first-order chi connectivity index (χ1) is 11.7. The summed E-state index contributed by atoms with van der Waals surface area (Å²) in [6, 6.07) is 20.0. The van der Waals surface area contributed by atoms with E-state index in [2.05, 4.69) is 17.4 Å². The summed E-state index contributed by atoms with van der Waals surface area (Å²) in [7, 11) is 1.68. The molecule has 24 heavy (non-hydrogen) atoms. The zero-order valence-corrected chi connectivity index (χ0v) is 14.4. The van der Waals surface area contributed by atoms with E-state index in [0.29, 0.717) is 0 Å². The molecule has 2 N–H and O–H groups in total. The first kappa shape index (κ1) is 16.6. The number of hydrogen-bond acceptors (Lipinski definition) is 2. The van der Waals surface area contributed by atoms with Crippen LogP contribution in [0.1, 0.15) is 11.3 Å². The maximum absolute atomic E-state index is 6.03. The van der Waals surface area contributed by atoms with Crippen molar-refractivity contribution >= 4 is 11.6 Å². The fraction of sp³-hybridized carbons (Fsp3) is 0.200. The van der Waals surface area contributed by atoms with Gasteiger partial charge in [-0.25, -0.2) is 0 Å². The van der Waals surface area contributed by atoms with Gasteiger partial charge < -0.3 is 14.5 Å². The van der Waals surface area contributed by atoms with E-state index in [9.17, 15) is 0 Å². The fourth-order valence-corrected chi connectivity index (χ4v) is 2.78. The van der Waals surface area contributed by atoms with Crippen LogP contribution in [0.2, 0.25) is 5.02 Å². The van der Waals surface area contributed by atoms with E-state index in [1.807, 2.05) is 48.5 Å². The van der Waals surface area contributed by atoms with E-state index in [-0.39, 0.29) is 0 Å². The topological polar surface area (TPSA) is 39.0 Å². The Morgan fingerprint density at radius 1 is 1.04 bits per heavy atom. The van der Waals surface area contributed by atoms with E-state index < -0.39 is 0 Å². The van der Waals surface area contributed by atoms with Crippen molar-refractivity contribution in [3.8, 4) is 17.1 Å². The number of halogens is 1. The minimum atomic E-state index is 0.719. The quantitative estimate of drug-likeness (QED) is 0.661. The predicted octanol–water partition coefficient (Wildman–Crippen LogP) is 3.91. The number of nitrogens with two attached hydrogens (primary N) is 1. The van der Waals surface area contributed by atoms with Crippen LogP contribution in [-0.4, -0.2) is 13.7 Å². The number of hydrogen-bond donors (Lipinski definition) is 1. The third-order valence-corrected chi connectivity index (χ3v) is 4.15. The number of furan rings is 1. The third-order valence-electron chi connectivity index (χ3n) is 3.91. The van der Waals surface area contributed by atoms with Crippen molar-refractivity contribution in [1.82, 2.24) is 0 Å². The highest BCUT2D eigenvalue weighted by molar-refractivity contribution is 6.30. The van der Waals surface area contributed by atoms with E-state index in [1.54, 1.807) is 7.11 Å². The molecule has 124 valence electrons. The highest BCUT2D eigenvalue weighted by atomic mass is 35.5.